The first-order valence-electron chi connectivity index (χ1n) is 5.28. The van der Waals surface area contributed by atoms with Crippen molar-refractivity contribution in [1.82, 2.24) is 0 Å². The molecular weight excluding hydrogens is 170 g/mol. The van der Waals surface area contributed by atoms with Crippen LogP contribution in [-0.4, -0.2) is 0 Å². The summed E-state index contributed by atoms with van der Waals surface area (Å²) in [4.78, 5) is 0. The molecule has 2 rings (SSSR count). The molecule has 0 aliphatic heterocycles. The van der Waals surface area contributed by atoms with Crippen LogP contribution in [0.15, 0.2) is 30.4 Å². The second kappa shape index (κ2) is 3.87. The molecule has 1 atom stereocenters. The molecule has 1 nitrogen and oxygen atoms in total. The molecule has 0 saturated heterocycles. The highest BCUT2D eigenvalue weighted by Gasteiger charge is 2.13. The van der Waals surface area contributed by atoms with E-state index in [0.29, 0.717) is 5.92 Å². The average molecular weight is 187 g/mol. The third-order valence-electron chi connectivity index (χ3n) is 3.00. The van der Waals surface area contributed by atoms with Crippen molar-refractivity contribution in [1.29, 1.82) is 0 Å². The van der Waals surface area contributed by atoms with E-state index in [1.165, 1.54) is 30.4 Å². The Bertz CT molecular complexity index is 352. The summed E-state index contributed by atoms with van der Waals surface area (Å²) in [7, 11) is 0. The third-order valence-corrected chi connectivity index (χ3v) is 3.00. The van der Waals surface area contributed by atoms with Gasteiger partial charge in [-0.05, 0) is 55.4 Å². The van der Waals surface area contributed by atoms with Crippen LogP contribution in [0.25, 0.3) is 0 Å². The molecule has 0 bridgehead atoms. The van der Waals surface area contributed by atoms with Gasteiger partial charge < -0.3 is 5.73 Å². The molecule has 2 N–H and O–H groups in total. The number of aryl methyl sites for hydroxylation is 1. The van der Waals surface area contributed by atoms with Crippen LogP contribution in [-0.2, 0) is 0 Å². The summed E-state index contributed by atoms with van der Waals surface area (Å²) < 4.78 is 0. The van der Waals surface area contributed by atoms with E-state index in [1.807, 2.05) is 6.07 Å². The minimum Gasteiger partial charge on any atom is -0.399 e. The molecule has 0 spiro atoms. The van der Waals surface area contributed by atoms with Gasteiger partial charge in [-0.25, -0.2) is 0 Å². The molecule has 0 aromatic heterocycles. The molecule has 1 unspecified atom stereocenters. The van der Waals surface area contributed by atoms with E-state index < -0.39 is 0 Å². The van der Waals surface area contributed by atoms with Crippen molar-refractivity contribution >= 4 is 5.69 Å². The molecule has 0 heterocycles. The minimum atomic E-state index is 0.709. The van der Waals surface area contributed by atoms with Crippen LogP contribution in [0.4, 0.5) is 5.69 Å². The van der Waals surface area contributed by atoms with Gasteiger partial charge in [-0.15, -0.1) is 0 Å². The molecule has 14 heavy (non-hydrogen) atoms. The zero-order chi connectivity index (χ0) is 9.97. The maximum atomic E-state index is 5.74. The zero-order valence-corrected chi connectivity index (χ0v) is 8.66. The lowest BCUT2D eigenvalue weighted by Crippen LogP contribution is -2.03. The highest BCUT2D eigenvalue weighted by atomic mass is 14.5. The molecule has 1 heteroatoms. The Morgan fingerprint density at radius 3 is 2.79 bits per heavy atom. The Morgan fingerprint density at radius 1 is 1.29 bits per heavy atom. The van der Waals surface area contributed by atoms with Gasteiger partial charge in [0.15, 0.2) is 0 Å². The van der Waals surface area contributed by atoms with Crippen molar-refractivity contribution < 1.29 is 0 Å². The zero-order valence-electron chi connectivity index (χ0n) is 8.66. The Balaban J connectivity index is 2.27. The summed E-state index contributed by atoms with van der Waals surface area (Å²) in [5.74, 6) is 0.709. The van der Waals surface area contributed by atoms with E-state index in [-0.39, 0.29) is 0 Å². The molecule has 0 fully saturated rings. The van der Waals surface area contributed by atoms with E-state index in [4.69, 9.17) is 5.73 Å². The molecule has 1 aliphatic carbocycles. The molecule has 74 valence electrons. The number of anilines is 1. The van der Waals surface area contributed by atoms with Gasteiger partial charge in [-0.1, -0.05) is 18.2 Å². The van der Waals surface area contributed by atoms with Gasteiger partial charge in [0.2, 0.25) is 0 Å². The molecule has 1 aromatic carbocycles. The van der Waals surface area contributed by atoms with Crippen LogP contribution in [0.5, 0.6) is 0 Å². The monoisotopic (exact) mass is 187 g/mol. The standard InChI is InChI=1S/C13H17N/c1-10-9-12(14)7-8-13(10)11-5-3-2-4-6-11/h2-3,7-9,11H,4-6,14H2,1H3. The number of nitrogens with two attached hydrogens (primary N) is 1. The van der Waals surface area contributed by atoms with Gasteiger partial charge in [0.25, 0.3) is 0 Å². The quantitative estimate of drug-likeness (QED) is 0.529. The SMILES string of the molecule is Cc1cc(N)ccc1C1CC=CCC1. The molecule has 1 aromatic rings. The fraction of sp³-hybridized carbons (Fsp3) is 0.385. The number of hydrogen-bond acceptors (Lipinski definition) is 1. The average Bonchev–Trinajstić information content (AvgIpc) is 2.19. The van der Waals surface area contributed by atoms with Crippen LogP contribution in [0, 0.1) is 6.92 Å². The van der Waals surface area contributed by atoms with Crippen molar-refractivity contribution in [3.05, 3.63) is 41.5 Å². The normalized spacial score (nSPS) is 21.1. The van der Waals surface area contributed by atoms with E-state index >= 15 is 0 Å². The lowest BCUT2D eigenvalue weighted by Gasteiger charge is -2.20. The van der Waals surface area contributed by atoms with E-state index in [9.17, 15) is 0 Å². The van der Waals surface area contributed by atoms with Gasteiger partial charge >= 0.3 is 0 Å². The molecule has 1 aliphatic rings. The lowest BCUT2D eigenvalue weighted by atomic mass is 9.85. The van der Waals surface area contributed by atoms with E-state index in [2.05, 4.69) is 31.2 Å². The summed E-state index contributed by atoms with van der Waals surface area (Å²) in [6, 6.07) is 6.28. The number of rotatable bonds is 1. The molecule has 0 amide bonds. The van der Waals surface area contributed by atoms with Crippen LogP contribution >= 0.6 is 0 Å². The van der Waals surface area contributed by atoms with Crippen molar-refractivity contribution in [2.24, 2.45) is 0 Å². The maximum Gasteiger partial charge on any atom is 0.0316 e. The number of allylic oxidation sites excluding steroid dienone is 2. The van der Waals surface area contributed by atoms with Crippen LogP contribution in [0.2, 0.25) is 0 Å². The fourth-order valence-electron chi connectivity index (χ4n) is 2.23. The number of nitrogen functional groups attached to an aromatic ring is 1. The first-order chi connectivity index (χ1) is 6.77. The van der Waals surface area contributed by atoms with Crippen LogP contribution < -0.4 is 5.73 Å². The highest BCUT2D eigenvalue weighted by Crippen LogP contribution is 2.31. The van der Waals surface area contributed by atoms with Crippen LogP contribution in [0.1, 0.15) is 36.3 Å². The molecular formula is C13H17N. The molecule has 0 radical (unpaired) electrons. The fourth-order valence-corrected chi connectivity index (χ4v) is 2.23. The van der Waals surface area contributed by atoms with Gasteiger partial charge in [0.1, 0.15) is 0 Å². The number of benzene rings is 1. The Kier molecular flexibility index (Phi) is 2.58. The molecule has 0 saturated carbocycles. The summed E-state index contributed by atoms with van der Waals surface area (Å²) in [5, 5.41) is 0. The highest BCUT2D eigenvalue weighted by molar-refractivity contribution is 5.45. The van der Waals surface area contributed by atoms with E-state index in [1.54, 1.807) is 0 Å². The third kappa shape index (κ3) is 1.82. The predicted octanol–water partition coefficient (Wildman–Crippen LogP) is 3.40. The van der Waals surface area contributed by atoms with Gasteiger partial charge in [-0.2, -0.15) is 0 Å². The second-order valence-electron chi connectivity index (χ2n) is 4.10. The van der Waals surface area contributed by atoms with Gasteiger partial charge in [0.05, 0.1) is 0 Å². The van der Waals surface area contributed by atoms with Gasteiger partial charge in [0, 0.05) is 5.69 Å². The largest absolute Gasteiger partial charge is 0.399 e. The Hall–Kier alpha value is -1.24. The second-order valence-corrected chi connectivity index (χ2v) is 4.10. The van der Waals surface area contributed by atoms with Gasteiger partial charge in [-0.3, -0.25) is 0 Å². The summed E-state index contributed by atoms with van der Waals surface area (Å²) in [6.07, 6.45) is 8.26. The first-order valence-corrected chi connectivity index (χ1v) is 5.28. The summed E-state index contributed by atoms with van der Waals surface area (Å²) in [6.45, 7) is 2.16. The smallest absolute Gasteiger partial charge is 0.0316 e. The lowest BCUT2D eigenvalue weighted by molar-refractivity contribution is 0.614. The van der Waals surface area contributed by atoms with Crippen molar-refractivity contribution in [3.63, 3.8) is 0 Å². The predicted molar refractivity (Wildman–Crippen MR) is 61.3 cm³/mol. The Morgan fingerprint density at radius 2 is 2.14 bits per heavy atom. The van der Waals surface area contributed by atoms with E-state index in [0.717, 1.165) is 5.69 Å². The van der Waals surface area contributed by atoms with Crippen molar-refractivity contribution in [3.8, 4) is 0 Å². The first kappa shape index (κ1) is 9.32. The van der Waals surface area contributed by atoms with Crippen LogP contribution in [0.3, 0.4) is 0 Å². The van der Waals surface area contributed by atoms with Crippen molar-refractivity contribution in [2.75, 3.05) is 5.73 Å². The van der Waals surface area contributed by atoms with Crippen molar-refractivity contribution in [2.45, 2.75) is 32.1 Å². The topological polar surface area (TPSA) is 26.0 Å². The maximum absolute atomic E-state index is 5.74. The minimum absolute atomic E-state index is 0.709. The Labute approximate surface area is 85.6 Å². The summed E-state index contributed by atoms with van der Waals surface area (Å²) >= 11 is 0. The number of hydrogen-bond donors (Lipinski definition) is 1. The summed E-state index contributed by atoms with van der Waals surface area (Å²) in [5.41, 5.74) is 9.43.